The first-order valence-electron chi connectivity index (χ1n) is 12.0. The number of halogens is 3. The Hall–Kier alpha value is -2.99. The second-order valence-electron chi connectivity index (χ2n) is 9.95. The van der Waals surface area contributed by atoms with E-state index in [0.29, 0.717) is 33.6 Å². The van der Waals surface area contributed by atoms with E-state index in [0.717, 1.165) is 19.0 Å². The highest BCUT2D eigenvalue weighted by Crippen LogP contribution is 2.43. The van der Waals surface area contributed by atoms with Crippen molar-refractivity contribution in [1.82, 2.24) is 20.3 Å². The summed E-state index contributed by atoms with van der Waals surface area (Å²) in [5, 5.41) is 10.00. The lowest BCUT2D eigenvalue weighted by molar-refractivity contribution is -0.137. The number of thioether (sulfide) groups is 1. The Bertz CT molecular complexity index is 1280. The van der Waals surface area contributed by atoms with Gasteiger partial charge in [-0.2, -0.15) is 13.2 Å². The van der Waals surface area contributed by atoms with E-state index < -0.39 is 17.8 Å². The van der Waals surface area contributed by atoms with Gasteiger partial charge in [0.25, 0.3) is 0 Å². The van der Waals surface area contributed by atoms with Gasteiger partial charge in [0.15, 0.2) is 0 Å². The molecule has 0 spiro atoms. The zero-order chi connectivity index (χ0) is 27.0. The van der Waals surface area contributed by atoms with E-state index in [1.807, 2.05) is 13.8 Å². The second-order valence-corrected chi connectivity index (χ2v) is 11.5. The summed E-state index contributed by atoms with van der Waals surface area (Å²) in [4.78, 5) is 24.0. The Morgan fingerprint density at radius 3 is 2.68 bits per heavy atom. The van der Waals surface area contributed by atoms with Crippen LogP contribution in [-0.4, -0.2) is 51.5 Å². The summed E-state index contributed by atoms with van der Waals surface area (Å²) in [5.74, 6) is 0.143. The molecule has 1 atom stereocenters. The number of fused-ring (bicyclic) bond motifs is 1. The van der Waals surface area contributed by atoms with Crippen LogP contribution in [-0.2, 0) is 10.9 Å². The van der Waals surface area contributed by atoms with Crippen LogP contribution in [0.2, 0.25) is 0 Å². The van der Waals surface area contributed by atoms with Gasteiger partial charge in [-0.25, -0.2) is 14.8 Å². The van der Waals surface area contributed by atoms with Crippen molar-refractivity contribution >= 4 is 40.4 Å². The number of hydrogen-bond acceptors (Lipinski definition) is 7. The Morgan fingerprint density at radius 1 is 1.30 bits per heavy atom. The molecular formula is C25H31F3N6O2S. The predicted molar refractivity (Wildman–Crippen MR) is 140 cm³/mol. The molecule has 1 aromatic carbocycles. The molecule has 200 valence electrons. The summed E-state index contributed by atoms with van der Waals surface area (Å²) in [7, 11) is 1.26. The Morgan fingerprint density at radius 2 is 2.05 bits per heavy atom. The van der Waals surface area contributed by atoms with Gasteiger partial charge in [-0.3, -0.25) is 5.32 Å². The van der Waals surface area contributed by atoms with Gasteiger partial charge in [0.2, 0.25) is 5.95 Å². The number of H-pyrrole nitrogens is 1. The minimum atomic E-state index is -4.64. The zero-order valence-electron chi connectivity index (χ0n) is 21.3. The normalized spacial score (nSPS) is 17.7. The van der Waals surface area contributed by atoms with E-state index in [-0.39, 0.29) is 28.5 Å². The number of anilines is 2. The van der Waals surface area contributed by atoms with Crippen molar-refractivity contribution in [2.45, 2.75) is 68.4 Å². The molecule has 3 heterocycles. The SMILES string of the molecule is COC(=O)Nc1ccc2c(-c3nc(N[C@H]4CCC(C)(C)NC4)ncc3C(F)(F)F)c[nH]c2c1SC(C)C. The number of ether oxygens (including phenoxy) is 1. The van der Waals surface area contributed by atoms with Crippen LogP contribution < -0.4 is 16.0 Å². The van der Waals surface area contributed by atoms with Crippen LogP contribution in [0.4, 0.5) is 29.6 Å². The average molecular weight is 537 g/mol. The van der Waals surface area contributed by atoms with Gasteiger partial charge in [-0.05, 0) is 32.8 Å². The van der Waals surface area contributed by atoms with Crippen LogP contribution in [0.5, 0.6) is 0 Å². The van der Waals surface area contributed by atoms with Crippen LogP contribution in [0.15, 0.2) is 29.4 Å². The van der Waals surface area contributed by atoms with Crippen molar-refractivity contribution in [1.29, 1.82) is 0 Å². The van der Waals surface area contributed by atoms with Gasteiger partial charge in [-0.15, -0.1) is 11.8 Å². The van der Waals surface area contributed by atoms with E-state index >= 15 is 0 Å². The molecule has 0 bridgehead atoms. The molecule has 4 rings (SSSR count). The number of amides is 1. The number of carbonyl (C=O) groups is 1. The molecule has 1 amide bonds. The number of carbonyl (C=O) groups excluding carboxylic acids is 1. The number of nitrogens with one attached hydrogen (secondary N) is 4. The summed E-state index contributed by atoms with van der Waals surface area (Å²) in [6, 6.07) is 3.32. The van der Waals surface area contributed by atoms with Crippen molar-refractivity contribution in [3.63, 3.8) is 0 Å². The van der Waals surface area contributed by atoms with E-state index in [1.54, 1.807) is 12.1 Å². The number of aromatic amines is 1. The molecule has 0 saturated carbocycles. The first-order valence-corrected chi connectivity index (χ1v) is 12.9. The molecule has 1 aliphatic heterocycles. The maximum absolute atomic E-state index is 14.0. The number of hydrogen-bond donors (Lipinski definition) is 4. The maximum atomic E-state index is 14.0. The third-order valence-corrected chi connectivity index (χ3v) is 7.34. The predicted octanol–water partition coefficient (Wildman–Crippen LogP) is 6.27. The lowest BCUT2D eigenvalue weighted by Gasteiger charge is -2.36. The van der Waals surface area contributed by atoms with Crippen molar-refractivity contribution < 1.29 is 22.7 Å². The lowest BCUT2D eigenvalue weighted by Crippen LogP contribution is -2.50. The van der Waals surface area contributed by atoms with Gasteiger partial charge in [-0.1, -0.05) is 19.9 Å². The van der Waals surface area contributed by atoms with Crippen LogP contribution in [0.1, 0.15) is 46.1 Å². The zero-order valence-corrected chi connectivity index (χ0v) is 22.2. The molecule has 0 radical (unpaired) electrons. The highest BCUT2D eigenvalue weighted by molar-refractivity contribution is 8.00. The van der Waals surface area contributed by atoms with Gasteiger partial charge < -0.3 is 20.4 Å². The fraction of sp³-hybridized carbons (Fsp3) is 0.480. The topological polar surface area (TPSA) is 104 Å². The number of rotatable bonds is 6. The molecule has 1 saturated heterocycles. The number of methoxy groups -OCH3 is 1. The summed E-state index contributed by atoms with van der Waals surface area (Å²) in [6.45, 7) is 8.86. The summed E-state index contributed by atoms with van der Waals surface area (Å²) in [6.07, 6.45) is -1.17. The molecule has 12 heteroatoms. The Labute approximate surface area is 217 Å². The maximum Gasteiger partial charge on any atom is 0.419 e. The van der Waals surface area contributed by atoms with E-state index in [2.05, 4.69) is 44.7 Å². The van der Waals surface area contributed by atoms with E-state index in [9.17, 15) is 18.0 Å². The third-order valence-electron chi connectivity index (χ3n) is 6.21. The van der Waals surface area contributed by atoms with Crippen molar-refractivity contribution in [2.75, 3.05) is 24.3 Å². The number of alkyl halides is 3. The monoisotopic (exact) mass is 536 g/mol. The smallest absolute Gasteiger partial charge is 0.419 e. The molecule has 2 aromatic heterocycles. The number of benzene rings is 1. The van der Waals surface area contributed by atoms with E-state index in [1.165, 1.54) is 25.1 Å². The largest absolute Gasteiger partial charge is 0.453 e. The fourth-order valence-electron chi connectivity index (χ4n) is 4.28. The summed E-state index contributed by atoms with van der Waals surface area (Å²) < 4.78 is 46.8. The van der Waals surface area contributed by atoms with Gasteiger partial charge in [0.1, 0.15) is 5.56 Å². The van der Waals surface area contributed by atoms with Crippen molar-refractivity contribution in [3.05, 3.63) is 30.1 Å². The highest BCUT2D eigenvalue weighted by Gasteiger charge is 2.36. The molecule has 37 heavy (non-hydrogen) atoms. The molecule has 3 aromatic rings. The first kappa shape index (κ1) is 27.1. The minimum Gasteiger partial charge on any atom is -0.453 e. The molecule has 1 aliphatic rings. The first-order chi connectivity index (χ1) is 17.4. The molecule has 1 fully saturated rings. The Kier molecular flexibility index (Phi) is 7.61. The average Bonchev–Trinajstić information content (AvgIpc) is 3.25. The van der Waals surface area contributed by atoms with Gasteiger partial charge in [0, 0.05) is 46.7 Å². The van der Waals surface area contributed by atoms with Crippen LogP contribution in [0.25, 0.3) is 22.2 Å². The molecule has 8 nitrogen and oxygen atoms in total. The summed E-state index contributed by atoms with van der Waals surface area (Å²) >= 11 is 1.48. The van der Waals surface area contributed by atoms with Crippen LogP contribution >= 0.6 is 11.8 Å². The Balaban J connectivity index is 1.78. The number of piperidine rings is 1. The number of aromatic nitrogens is 3. The van der Waals surface area contributed by atoms with Crippen molar-refractivity contribution in [2.24, 2.45) is 0 Å². The quantitative estimate of drug-likeness (QED) is 0.276. The minimum absolute atomic E-state index is 0.00146. The molecule has 0 aliphatic carbocycles. The summed E-state index contributed by atoms with van der Waals surface area (Å²) in [5.41, 5.74) is 0.279. The molecule has 0 unspecified atom stereocenters. The molecular weight excluding hydrogens is 505 g/mol. The molecule has 4 N–H and O–H groups in total. The van der Waals surface area contributed by atoms with Gasteiger partial charge >= 0.3 is 12.3 Å². The van der Waals surface area contributed by atoms with Crippen LogP contribution in [0, 0.1) is 0 Å². The standard InChI is InChI=1S/C25H31F3N6O2S/c1-13(2)37-21-18(33-23(35)36-5)7-6-15-16(11-29-20(15)21)19-17(25(26,27)28)12-30-22(34-19)32-14-8-9-24(3,4)31-10-14/h6-7,11-14,29,31H,8-10H2,1-5H3,(H,33,35)(H,30,32,34)/t14-/m0/s1. The lowest BCUT2D eigenvalue weighted by atomic mass is 9.91. The highest BCUT2D eigenvalue weighted by atomic mass is 32.2. The fourth-order valence-corrected chi connectivity index (χ4v) is 5.29. The van der Waals surface area contributed by atoms with Crippen LogP contribution in [0.3, 0.4) is 0 Å². The number of nitrogens with zero attached hydrogens (tertiary/aromatic N) is 2. The van der Waals surface area contributed by atoms with Gasteiger partial charge in [0.05, 0.1) is 28.9 Å². The third kappa shape index (κ3) is 6.12. The second kappa shape index (κ2) is 10.4. The van der Waals surface area contributed by atoms with E-state index in [4.69, 9.17) is 4.74 Å². The van der Waals surface area contributed by atoms with Crippen molar-refractivity contribution in [3.8, 4) is 11.3 Å².